The fraction of sp³-hybridized carbons (Fsp3) is 0.385. The van der Waals surface area contributed by atoms with Gasteiger partial charge in [0.1, 0.15) is 0 Å². The summed E-state index contributed by atoms with van der Waals surface area (Å²) in [6.07, 6.45) is 2.16. The van der Waals surface area contributed by atoms with Crippen LogP contribution in [0.4, 0.5) is 0 Å². The number of benzene rings is 1. The van der Waals surface area contributed by atoms with E-state index >= 15 is 0 Å². The normalized spacial score (nSPS) is 16.5. The summed E-state index contributed by atoms with van der Waals surface area (Å²) in [6.45, 7) is 0.230. The van der Waals surface area contributed by atoms with E-state index in [4.69, 9.17) is 23.2 Å². The summed E-state index contributed by atoms with van der Waals surface area (Å²) in [4.78, 5) is 11.5. The van der Waals surface area contributed by atoms with Crippen LogP contribution in [0.25, 0.3) is 11.4 Å². The molecule has 1 heterocycles. The van der Waals surface area contributed by atoms with Gasteiger partial charge >= 0.3 is 5.97 Å². The van der Waals surface area contributed by atoms with E-state index in [-0.39, 0.29) is 6.54 Å². The molecule has 1 aliphatic rings. The lowest BCUT2D eigenvalue weighted by Gasteiger charge is -2.37. The SMILES string of the molecule is O=C(O)C1(Cn2nnnc2-c2cccc(Cl)c2Cl)CCC1. The molecular formula is C13H12Cl2N4O2. The Morgan fingerprint density at radius 1 is 1.38 bits per heavy atom. The number of aromatic nitrogens is 4. The summed E-state index contributed by atoms with van der Waals surface area (Å²) in [5, 5.41) is 21.7. The average molecular weight is 327 g/mol. The maximum atomic E-state index is 11.5. The fourth-order valence-electron chi connectivity index (χ4n) is 2.51. The number of nitrogens with zero attached hydrogens (tertiary/aromatic N) is 4. The largest absolute Gasteiger partial charge is 0.481 e. The predicted octanol–water partition coefficient (Wildman–Crippen LogP) is 2.90. The van der Waals surface area contributed by atoms with Gasteiger partial charge in [-0.05, 0) is 35.4 Å². The van der Waals surface area contributed by atoms with E-state index < -0.39 is 11.4 Å². The Hall–Kier alpha value is -1.66. The summed E-state index contributed by atoms with van der Waals surface area (Å²) >= 11 is 12.2. The third-order valence-corrected chi connectivity index (χ3v) is 4.76. The molecule has 0 saturated heterocycles. The summed E-state index contributed by atoms with van der Waals surface area (Å²) in [7, 11) is 0. The van der Waals surface area contributed by atoms with Gasteiger partial charge in [-0.1, -0.05) is 35.7 Å². The topological polar surface area (TPSA) is 80.9 Å². The van der Waals surface area contributed by atoms with Crippen LogP contribution in [-0.4, -0.2) is 31.3 Å². The van der Waals surface area contributed by atoms with Crippen molar-refractivity contribution in [3.05, 3.63) is 28.2 Å². The minimum atomic E-state index is -0.813. The highest BCUT2D eigenvalue weighted by Crippen LogP contribution is 2.43. The molecule has 1 N–H and O–H groups in total. The molecule has 1 aromatic carbocycles. The molecule has 21 heavy (non-hydrogen) atoms. The van der Waals surface area contributed by atoms with E-state index in [1.165, 1.54) is 4.68 Å². The molecule has 2 aromatic rings. The smallest absolute Gasteiger partial charge is 0.311 e. The lowest BCUT2D eigenvalue weighted by Crippen LogP contribution is -2.42. The van der Waals surface area contributed by atoms with Crippen molar-refractivity contribution in [1.82, 2.24) is 20.2 Å². The van der Waals surface area contributed by atoms with Crippen LogP contribution in [0.1, 0.15) is 19.3 Å². The zero-order chi connectivity index (χ0) is 15.0. The van der Waals surface area contributed by atoms with Crippen LogP contribution in [-0.2, 0) is 11.3 Å². The summed E-state index contributed by atoms with van der Waals surface area (Å²) in [6, 6.07) is 5.18. The van der Waals surface area contributed by atoms with Crippen LogP contribution in [0.2, 0.25) is 10.0 Å². The molecule has 110 valence electrons. The van der Waals surface area contributed by atoms with Crippen molar-refractivity contribution in [3.8, 4) is 11.4 Å². The van der Waals surface area contributed by atoms with Gasteiger partial charge in [0.05, 0.1) is 22.0 Å². The molecule has 1 aromatic heterocycles. The number of carbonyl (C=O) groups is 1. The molecule has 1 fully saturated rings. The van der Waals surface area contributed by atoms with Gasteiger partial charge in [-0.3, -0.25) is 4.79 Å². The van der Waals surface area contributed by atoms with Crippen molar-refractivity contribution in [1.29, 1.82) is 0 Å². The Balaban J connectivity index is 1.98. The van der Waals surface area contributed by atoms with Crippen molar-refractivity contribution in [2.24, 2.45) is 5.41 Å². The van der Waals surface area contributed by atoms with Gasteiger partial charge in [-0.2, -0.15) is 0 Å². The molecule has 8 heteroatoms. The van der Waals surface area contributed by atoms with Gasteiger partial charge in [0.15, 0.2) is 5.82 Å². The maximum absolute atomic E-state index is 11.5. The van der Waals surface area contributed by atoms with E-state index in [9.17, 15) is 9.90 Å². The molecule has 0 amide bonds. The summed E-state index contributed by atoms with van der Waals surface area (Å²) in [5.74, 6) is -0.387. The summed E-state index contributed by atoms with van der Waals surface area (Å²) in [5.41, 5.74) is -0.191. The Morgan fingerprint density at radius 2 is 2.14 bits per heavy atom. The molecular weight excluding hydrogens is 315 g/mol. The zero-order valence-corrected chi connectivity index (χ0v) is 12.5. The van der Waals surface area contributed by atoms with Crippen LogP contribution in [0.15, 0.2) is 18.2 Å². The van der Waals surface area contributed by atoms with Crippen molar-refractivity contribution in [2.75, 3.05) is 0 Å². The lowest BCUT2D eigenvalue weighted by molar-refractivity contribution is -0.156. The number of aliphatic carboxylic acids is 1. The second kappa shape index (κ2) is 5.27. The second-order valence-electron chi connectivity index (χ2n) is 5.20. The fourth-order valence-corrected chi connectivity index (χ4v) is 2.90. The third kappa shape index (κ3) is 2.38. The first-order chi connectivity index (χ1) is 10.0. The molecule has 0 radical (unpaired) electrons. The van der Waals surface area contributed by atoms with Crippen molar-refractivity contribution >= 4 is 29.2 Å². The van der Waals surface area contributed by atoms with Crippen LogP contribution >= 0.6 is 23.2 Å². The standard InChI is InChI=1S/C13H12Cl2N4O2/c14-9-4-1-3-8(10(9)15)11-16-17-18-19(11)7-13(12(20)21)5-2-6-13/h1,3-4H,2,5-7H2,(H,20,21). The zero-order valence-electron chi connectivity index (χ0n) is 11.0. The first-order valence-electron chi connectivity index (χ1n) is 6.47. The minimum Gasteiger partial charge on any atom is -0.481 e. The van der Waals surface area contributed by atoms with Crippen LogP contribution in [0.3, 0.4) is 0 Å². The van der Waals surface area contributed by atoms with E-state index in [0.717, 1.165) is 6.42 Å². The number of rotatable bonds is 4. The number of carboxylic acids is 1. The third-order valence-electron chi connectivity index (χ3n) is 3.94. The molecule has 0 aliphatic heterocycles. The Kier molecular flexibility index (Phi) is 3.59. The van der Waals surface area contributed by atoms with Gasteiger partial charge < -0.3 is 5.11 Å². The summed E-state index contributed by atoms with van der Waals surface area (Å²) < 4.78 is 1.49. The maximum Gasteiger partial charge on any atom is 0.311 e. The van der Waals surface area contributed by atoms with Gasteiger partial charge in [0.25, 0.3) is 0 Å². The molecule has 1 aliphatic carbocycles. The first kappa shape index (κ1) is 14.3. The van der Waals surface area contributed by atoms with Crippen LogP contribution < -0.4 is 0 Å². The highest BCUT2D eigenvalue weighted by molar-refractivity contribution is 6.43. The quantitative estimate of drug-likeness (QED) is 0.934. The van der Waals surface area contributed by atoms with Gasteiger partial charge in [0.2, 0.25) is 0 Å². The number of hydrogen-bond acceptors (Lipinski definition) is 4. The molecule has 0 spiro atoms. The van der Waals surface area contributed by atoms with Crippen molar-refractivity contribution < 1.29 is 9.90 Å². The molecule has 0 bridgehead atoms. The van der Waals surface area contributed by atoms with Gasteiger partial charge in [0, 0.05) is 5.56 Å². The lowest BCUT2D eigenvalue weighted by atomic mass is 9.69. The van der Waals surface area contributed by atoms with E-state index in [1.54, 1.807) is 18.2 Å². The highest BCUT2D eigenvalue weighted by atomic mass is 35.5. The number of tetrazole rings is 1. The average Bonchev–Trinajstić information content (AvgIpc) is 2.84. The minimum absolute atomic E-state index is 0.230. The number of halogens is 2. The van der Waals surface area contributed by atoms with E-state index in [2.05, 4.69) is 15.5 Å². The van der Waals surface area contributed by atoms with Gasteiger partial charge in [-0.15, -0.1) is 5.10 Å². The molecule has 0 unspecified atom stereocenters. The van der Waals surface area contributed by atoms with E-state index in [1.807, 2.05) is 0 Å². The van der Waals surface area contributed by atoms with Crippen molar-refractivity contribution in [3.63, 3.8) is 0 Å². The van der Waals surface area contributed by atoms with Crippen LogP contribution in [0, 0.1) is 5.41 Å². The van der Waals surface area contributed by atoms with Gasteiger partial charge in [-0.25, -0.2) is 4.68 Å². The molecule has 6 nitrogen and oxygen atoms in total. The monoisotopic (exact) mass is 326 g/mol. The number of hydrogen-bond donors (Lipinski definition) is 1. The molecule has 3 rings (SSSR count). The Labute approximate surface area is 130 Å². The van der Waals surface area contributed by atoms with E-state index in [0.29, 0.717) is 34.3 Å². The van der Waals surface area contributed by atoms with Crippen LogP contribution in [0.5, 0.6) is 0 Å². The predicted molar refractivity (Wildman–Crippen MR) is 77.2 cm³/mol. The second-order valence-corrected chi connectivity index (χ2v) is 5.99. The molecule has 0 atom stereocenters. The number of carboxylic acid groups (broad SMARTS) is 1. The highest BCUT2D eigenvalue weighted by Gasteiger charge is 2.45. The Morgan fingerprint density at radius 3 is 2.76 bits per heavy atom. The first-order valence-corrected chi connectivity index (χ1v) is 7.23. The Bertz CT molecular complexity index is 697. The molecule has 1 saturated carbocycles. The van der Waals surface area contributed by atoms with Crippen molar-refractivity contribution in [2.45, 2.75) is 25.8 Å².